The molecule has 0 spiro atoms. The fourth-order valence-electron chi connectivity index (χ4n) is 4.37. The summed E-state index contributed by atoms with van der Waals surface area (Å²) in [6.07, 6.45) is 4.72. The van der Waals surface area contributed by atoms with Gasteiger partial charge in [0.25, 0.3) is 0 Å². The molecule has 7 heteroatoms. The molecule has 0 unspecified atom stereocenters. The maximum absolute atomic E-state index is 12.8. The van der Waals surface area contributed by atoms with E-state index in [9.17, 15) is 13.2 Å². The molecule has 1 atom stereocenters. The Kier molecular flexibility index (Phi) is 7.71. The van der Waals surface area contributed by atoms with Crippen molar-refractivity contribution in [1.82, 2.24) is 14.5 Å². The smallest absolute Gasteiger partial charge is 0.223 e. The lowest BCUT2D eigenvalue weighted by Gasteiger charge is -2.31. The predicted octanol–water partition coefficient (Wildman–Crippen LogP) is 2.53. The van der Waals surface area contributed by atoms with Gasteiger partial charge in [-0.2, -0.15) is 0 Å². The van der Waals surface area contributed by atoms with Crippen LogP contribution < -0.4 is 5.32 Å². The third kappa shape index (κ3) is 6.03. The Morgan fingerprint density at radius 3 is 2.45 bits per heavy atom. The van der Waals surface area contributed by atoms with Crippen LogP contribution in [-0.2, 0) is 20.6 Å². The zero-order valence-corrected chi connectivity index (χ0v) is 18.6. The van der Waals surface area contributed by atoms with E-state index < -0.39 is 10.0 Å². The van der Waals surface area contributed by atoms with Crippen LogP contribution in [0.5, 0.6) is 0 Å². The van der Waals surface area contributed by atoms with Crippen LogP contribution in [0.4, 0.5) is 0 Å². The molecule has 1 N–H and O–H groups in total. The van der Waals surface area contributed by atoms with Crippen molar-refractivity contribution < 1.29 is 13.2 Å². The molecule has 0 radical (unpaired) electrons. The van der Waals surface area contributed by atoms with E-state index in [0.717, 1.165) is 17.5 Å². The third-order valence-corrected chi connectivity index (χ3v) is 8.27. The minimum absolute atomic E-state index is 0.0327. The van der Waals surface area contributed by atoms with E-state index in [2.05, 4.69) is 17.1 Å². The number of piperidine rings is 1. The second-order valence-electron chi connectivity index (χ2n) is 8.53. The number of hydrogen-bond acceptors (Lipinski definition) is 4. The molecule has 2 heterocycles. The molecule has 1 aromatic rings. The zero-order chi connectivity index (χ0) is 20.9. The summed E-state index contributed by atoms with van der Waals surface area (Å²) < 4.78 is 27.1. The number of amides is 1. The number of likely N-dealkylation sites (tertiary alicyclic amines) is 1. The van der Waals surface area contributed by atoms with Gasteiger partial charge in [-0.3, -0.25) is 4.79 Å². The number of carbonyl (C=O) groups excluding carboxylic acids is 1. The number of rotatable bonds is 8. The van der Waals surface area contributed by atoms with Crippen molar-refractivity contribution in [3.8, 4) is 0 Å². The van der Waals surface area contributed by atoms with E-state index in [1.54, 1.807) is 4.31 Å². The Morgan fingerprint density at radius 1 is 1.14 bits per heavy atom. The highest BCUT2D eigenvalue weighted by molar-refractivity contribution is 7.88. The van der Waals surface area contributed by atoms with E-state index >= 15 is 0 Å². The monoisotopic (exact) mass is 421 g/mol. The first-order chi connectivity index (χ1) is 13.9. The van der Waals surface area contributed by atoms with E-state index in [-0.39, 0.29) is 17.6 Å². The molecule has 3 rings (SSSR count). The van der Waals surface area contributed by atoms with Gasteiger partial charge in [0, 0.05) is 31.6 Å². The molecule has 0 saturated carbocycles. The molecule has 162 valence electrons. The molecule has 0 bridgehead atoms. The third-order valence-electron chi connectivity index (χ3n) is 6.44. The quantitative estimate of drug-likeness (QED) is 0.700. The Labute approximate surface area is 175 Å². The molecule has 2 aliphatic heterocycles. The van der Waals surface area contributed by atoms with E-state index in [1.165, 1.54) is 25.9 Å². The highest BCUT2D eigenvalue weighted by atomic mass is 32.2. The first kappa shape index (κ1) is 22.2. The predicted molar refractivity (Wildman–Crippen MR) is 116 cm³/mol. The number of sulfonamides is 1. The number of nitrogens with zero attached hydrogens (tertiary/aromatic N) is 2. The summed E-state index contributed by atoms with van der Waals surface area (Å²) in [5.41, 5.74) is 1.84. The first-order valence-electron chi connectivity index (χ1n) is 10.9. The SMILES string of the molecule is Cc1ccccc1CS(=O)(=O)N1CCC(C(=O)NCC[C@@H](C)N2CCCC2)CC1. The maximum Gasteiger partial charge on any atom is 0.223 e. The summed E-state index contributed by atoms with van der Waals surface area (Å²) in [5.74, 6) is 0.0295. The fraction of sp³-hybridized carbons (Fsp3) is 0.682. The molecular formula is C22H35N3O3S. The summed E-state index contributed by atoms with van der Waals surface area (Å²) in [4.78, 5) is 15.0. The van der Waals surface area contributed by atoms with Crippen molar-refractivity contribution in [2.75, 3.05) is 32.7 Å². The Bertz CT molecular complexity index is 782. The molecule has 1 aromatic carbocycles. The van der Waals surface area contributed by atoms with Crippen LogP contribution in [0.2, 0.25) is 0 Å². The van der Waals surface area contributed by atoms with Gasteiger partial charge in [-0.05, 0) is 70.2 Å². The summed E-state index contributed by atoms with van der Waals surface area (Å²) >= 11 is 0. The lowest BCUT2D eigenvalue weighted by Crippen LogP contribution is -2.44. The second-order valence-corrected chi connectivity index (χ2v) is 10.5. The summed E-state index contributed by atoms with van der Waals surface area (Å²) in [6, 6.07) is 8.11. The van der Waals surface area contributed by atoms with Crippen LogP contribution in [0.3, 0.4) is 0 Å². The Balaban J connectivity index is 1.42. The van der Waals surface area contributed by atoms with Gasteiger partial charge in [0.05, 0.1) is 5.75 Å². The molecule has 2 saturated heterocycles. The van der Waals surface area contributed by atoms with Gasteiger partial charge in [0.2, 0.25) is 15.9 Å². The first-order valence-corrected chi connectivity index (χ1v) is 12.5. The largest absolute Gasteiger partial charge is 0.356 e. The highest BCUT2D eigenvalue weighted by Crippen LogP contribution is 2.23. The topological polar surface area (TPSA) is 69.7 Å². The van der Waals surface area contributed by atoms with Crippen LogP contribution in [0.15, 0.2) is 24.3 Å². The van der Waals surface area contributed by atoms with Gasteiger partial charge < -0.3 is 10.2 Å². The number of nitrogens with one attached hydrogen (secondary N) is 1. The Morgan fingerprint density at radius 2 is 1.79 bits per heavy atom. The minimum Gasteiger partial charge on any atom is -0.356 e. The minimum atomic E-state index is -3.35. The number of carbonyl (C=O) groups is 1. The standard InChI is InChI=1S/C22H35N3O3S/c1-18-7-3-4-8-21(18)17-29(27,28)25-15-10-20(11-16-25)22(26)23-12-9-19(2)24-13-5-6-14-24/h3-4,7-8,19-20H,5-6,9-17H2,1-2H3,(H,23,26)/t19-/m1/s1. The number of aryl methyl sites for hydroxylation is 1. The molecule has 29 heavy (non-hydrogen) atoms. The van der Waals surface area contributed by atoms with Crippen LogP contribution in [0, 0.1) is 12.8 Å². The van der Waals surface area contributed by atoms with Crippen LogP contribution in [0.25, 0.3) is 0 Å². The molecule has 2 aliphatic rings. The molecular weight excluding hydrogens is 386 g/mol. The maximum atomic E-state index is 12.8. The van der Waals surface area contributed by atoms with E-state index in [1.807, 2.05) is 31.2 Å². The van der Waals surface area contributed by atoms with Crippen molar-refractivity contribution in [2.24, 2.45) is 5.92 Å². The average molecular weight is 422 g/mol. The van der Waals surface area contributed by atoms with Crippen LogP contribution in [0.1, 0.15) is 50.2 Å². The molecule has 0 aliphatic carbocycles. The summed E-state index contributed by atoms with van der Waals surface area (Å²) in [7, 11) is -3.35. The van der Waals surface area contributed by atoms with Gasteiger partial charge in [-0.1, -0.05) is 24.3 Å². The van der Waals surface area contributed by atoms with Crippen molar-refractivity contribution in [1.29, 1.82) is 0 Å². The Hall–Kier alpha value is -1.44. The lowest BCUT2D eigenvalue weighted by atomic mass is 9.97. The molecule has 2 fully saturated rings. The van der Waals surface area contributed by atoms with Crippen molar-refractivity contribution in [3.63, 3.8) is 0 Å². The zero-order valence-electron chi connectivity index (χ0n) is 17.8. The van der Waals surface area contributed by atoms with Crippen LogP contribution >= 0.6 is 0 Å². The number of benzene rings is 1. The van der Waals surface area contributed by atoms with Gasteiger partial charge in [-0.25, -0.2) is 12.7 Å². The van der Waals surface area contributed by atoms with Gasteiger partial charge in [-0.15, -0.1) is 0 Å². The van der Waals surface area contributed by atoms with E-state index in [0.29, 0.717) is 38.5 Å². The molecule has 0 aromatic heterocycles. The van der Waals surface area contributed by atoms with E-state index in [4.69, 9.17) is 0 Å². The van der Waals surface area contributed by atoms with Gasteiger partial charge in [0.15, 0.2) is 0 Å². The fourth-order valence-corrected chi connectivity index (χ4v) is 6.04. The van der Waals surface area contributed by atoms with Crippen LogP contribution in [-0.4, -0.2) is 62.3 Å². The molecule has 1 amide bonds. The lowest BCUT2D eigenvalue weighted by molar-refractivity contribution is -0.126. The summed E-state index contributed by atoms with van der Waals surface area (Å²) in [6.45, 7) is 8.06. The van der Waals surface area contributed by atoms with Crippen molar-refractivity contribution in [2.45, 2.75) is 57.7 Å². The number of hydrogen-bond donors (Lipinski definition) is 1. The van der Waals surface area contributed by atoms with Gasteiger partial charge in [0.1, 0.15) is 0 Å². The van der Waals surface area contributed by atoms with Crippen molar-refractivity contribution >= 4 is 15.9 Å². The van der Waals surface area contributed by atoms with Gasteiger partial charge >= 0.3 is 0 Å². The van der Waals surface area contributed by atoms with Crippen molar-refractivity contribution in [3.05, 3.63) is 35.4 Å². The highest BCUT2D eigenvalue weighted by Gasteiger charge is 2.31. The second kappa shape index (κ2) is 10.0. The summed E-state index contributed by atoms with van der Waals surface area (Å²) in [5, 5.41) is 3.07. The normalized spacial score (nSPS) is 20.6. The average Bonchev–Trinajstić information content (AvgIpc) is 3.24. The molecule has 6 nitrogen and oxygen atoms in total.